The molecule has 1 unspecified atom stereocenters. The summed E-state index contributed by atoms with van der Waals surface area (Å²) in [5.74, 6) is 0.121. The zero-order chi connectivity index (χ0) is 14.3. The van der Waals surface area contributed by atoms with Crippen molar-refractivity contribution in [3.63, 3.8) is 0 Å². The fourth-order valence-electron chi connectivity index (χ4n) is 2.07. The van der Waals surface area contributed by atoms with Crippen LogP contribution in [-0.2, 0) is 11.2 Å². The van der Waals surface area contributed by atoms with Gasteiger partial charge in [-0.2, -0.15) is 0 Å². The summed E-state index contributed by atoms with van der Waals surface area (Å²) < 4.78 is 0. The highest BCUT2D eigenvalue weighted by atomic mass is 16.3. The van der Waals surface area contributed by atoms with Crippen LogP contribution in [0.15, 0.2) is 24.3 Å². The molecule has 0 aliphatic heterocycles. The SMILES string of the molecule is CCN(CC)CC(C)NC(=O)Cc1ccccc1O. The molecule has 4 heteroatoms. The Balaban J connectivity index is 2.45. The summed E-state index contributed by atoms with van der Waals surface area (Å²) in [7, 11) is 0. The third-order valence-corrected chi connectivity index (χ3v) is 3.18. The van der Waals surface area contributed by atoms with Crippen molar-refractivity contribution in [2.24, 2.45) is 0 Å². The number of para-hydroxylation sites is 1. The molecule has 1 aromatic carbocycles. The molecule has 0 spiro atoms. The van der Waals surface area contributed by atoms with E-state index < -0.39 is 0 Å². The van der Waals surface area contributed by atoms with Crippen molar-refractivity contribution in [1.82, 2.24) is 10.2 Å². The number of nitrogens with one attached hydrogen (secondary N) is 1. The van der Waals surface area contributed by atoms with Crippen LogP contribution in [-0.4, -0.2) is 41.6 Å². The predicted octanol–water partition coefficient (Wildman–Crippen LogP) is 1.78. The molecule has 0 radical (unpaired) electrons. The molecule has 0 bridgehead atoms. The van der Waals surface area contributed by atoms with Gasteiger partial charge in [-0.1, -0.05) is 32.0 Å². The minimum absolute atomic E-state index is 0.0545. The zero-order valence-electron chi connectivity index (χ0n) is 12.0. The zero-order valence-corrected chi connectivity index (χ0v) is 12.0. The van der Waals surface area contributed by atoms with Gasteiger partial charge in [0, 0.05) is 18.2 Å². The molecule has 0 aromatic heterocycles. The number of phenolic OH excluding ortho intramolecular Hbond substituents is 1. The molecular formula is C15H24N2O2. The van der Waals surface area contributed by atoms with E-state index in [1.165, 1.54) is 0 Å². The van der Waals surface area contributed by atoms with Gasteiger partial charge in [-0.3, -0.25) is 4.79 Å². The second-order valence-electron chi connectivity index (χ2n) is 4.76. The first-order chi connectivity index (χ1) is 9.06. The lowest BCUT2D eigenvalue weighted by Gasteiger charge is -2.23. The molecule has 1 aromatic rings. The number of carbonyl (C=O) groups excluding carboxylic acids is 1. The average molecular weight is 264 g/mol. The van der Waals surface area contributed by atoms with Gasteiger partial charge in [-0.15, -0.1) is 0 Å². The highest BCUT2D eigenvalue weighted by molar-refractivity contribution is 5.79. The fourth-order valence-corrected chi connectivity index (χ4v) is 2.07. The Kier molecular flexibility index (Phi) is 6.36. The summed E-state index contributed by atoms with van der Waals surface area (Å²) in [5.41, 5.74) is 0.662. The van der Waals surface area contributed by atoms with Crippen molar-refractivity contribution in [2.45, 2.75) is 33.2 Å². The van der Waals surface area contributed by atoms with Crippen molar-refractivity contribution in [3.05, 3.63) is 29.8 Å². The van der Waals surface area contributed by atoms with E-state index in [1.807, 2.05) is 13.0 Å². The van der Waals surface area contributed by atoms with Gasteiger partial charge >= 0.3 is 0 Å². The minimum atomic E-state index is -0.0545. The van der Waals surface area contributed by atoms with Gasteiger partial charge in [0.05, 0.1) is 6.42 Å². The van der Waals surface area contributed by atoms with Crippen molar-refractivity contribution < 1.29 is 9.90 Å². The Morgan fingerprint density at radius 1 is 1.32 bits per heavy atom. The maximum atomic E-state index is 11.9. The average Bonchev–Trinajstić information content (AvgIpc) is 2.38. The summed E-state index contributed by atoms with van der Waals surface area (Å²) >= 11 is 0. The van der Waals surface area contributed by atoms with Gasteiger partial charge in [-0.25, -0.2) is 0 Å². The van der Waals surface area contributed by atoms with Gasteiger partial charge in [0.1, 0.15) is 5.75 Å². The highest BCUT2D eigenvalue weighted by Gasteiger charge is 2.12. The first-order valence-electron chi connectivity index (χ1n) is 6.85. The van der Waals surface area contributed by atoms with Gasteiger partial charge in [0.2, 0.25) is 5.91 Å². The van der Waals surface area contributed by atoms with E-state index in [4.69, 9.17) is 0 Å². The van der Waals surface area contributed by atoms with Crippen LogP contribution >= 0.6 is 0 Å². The maximum Gasteiger partial charge on any atom is 0.224 e. The molecular weight excluding hydrogens is 240 g/mol. The second kappa shape index (κ2) is 7.79. The number of hydrogen-bond donors (Lipinski definition) is 2. The minimum Gasteiger partial charge on any atom is -0.508 e. The summed E-state index contributed by atoms with van der Waals surface area (Å²) in [6.07, 6.45) is 0.218. The van der Waals surface area contributed by atoms with Gasteiger partial charge in [-0.05, 0) is 26.1 Å². The van der Waals surface area contributed by atoms with Crippen LogP contribution in [0.4, 0.5) is 0 Å². The van der Waals surface area contributed by atoms with Crippen LogP contribution < -0.4 is 5.32 Å². The third-order valence-electron chi connectivity index (χ3n) is 3.18. The quantitative estimate of drug-likeness (QED) is 0.789. The normalized spacial score (nSPS) is 12.4. The molecule has 106 valence electrons. The molecule has 4 nitrogen and oxygen atoms in total. The highest BCUT2D eigenvalue weighted by Crippen LogP contribution is 2.15. The lowest BCUT2D eigenvalue weighted by molar-refractivity contribution is -0.121. The van der Waals surface area contributed by atoms with E-state index in [2.05, 4.69) is 24.1 Å². The van der Waals surface area contributed by atoms with E-state index in [0.29, 0.717) is 5.56 Å². The molecule has 19 heavy (non-hydrogen) atoms. The molecule has 0 aliphatic rings. The number of carbonyl (C=O) groups is 1. The number of amides is 1. The number of nitrogens with zero attached hydrogens (tertiary/aromatic N) is 1. The topological polar surface area (TPSA) is 52.6 Å². The molecule has 0 aliphatic carbocycles. The Morgan fingerprint density at radius 2 is 1.95 bits per heavy atom. The number of aromatic hydroxyl groups is 1. The molecule has 0 saturated heterocycles. The van der Waals surface area contributed by atoms with Crippen LogP contribution in [0.5, 0.6) is 5.75 Å². The van der Waals surface area contributed by atoms with E-state index in [-0.39, 0.29) is 24.1 Å². The smallest absolute Gasteiger partial charge is 0.224 e. The van der Waals surface area contributed by atoms with Crippen molar-refractivity contribution in [2.75, 3.05) is 19.6 Å². The summed E-state index contributed by atoms with van der Waals surface area (Å²) in [6.45, 7) is 9.03. The lowest BCUT2D eigenvalue weighted by atomic mass is 10.1. The number of likely N-dealkylation sites (N-methyl/N-ethyl adjacent to an activating group) is 1. The molecule has 1 rings (SSSR count). The Hall–Kier alpha value is -1.55. The van der Waals surface area contributed by atoms with E-state index in [9.17, 15) is 9.90 Å². The summed E-state index contributed by atoms with van der Waals surface area (Å²) in [5, 5.41) is 12.6. The van der Waals surface area contributed by atoms with Gasteiger partial charge < -0.3 is 15.3 Å². The molecule has 0 saturated carbocycles. The summed E-state index contributed by atoms with van der Waals surface area (Å²) in [4.78, 5) is 14.2. The molecule has 2 N–H and O–H groups in total. The van der Waals surface area contributed by atoms with E-state index >= 15 is 0 Å². The second-order valence-corrected chi connectivity index (χ2v) is 4.76. The van der Waals surface area contributed by atoms with Crippen LogP contribution in [0.25, 0.3) is 0 Å². The Bertz CT molecular complexity index is 403. The monoisotopic (exact) mass is 264 g/mol. The van der Waals surface area contributed by atoms with E-state index in [0.717, 1.165) is 19.6 Å². The summed E-state index contributed by atoms with van der Waals surface area (Å²) in [6, 6.07) is 7.05. The van der Waals surface area contributed by atoms with Crippen LogP contribution in [0, 0.1) is 0 Å². The fraction of sp³-hybridized carbons (Fsp3) is 0.533. The van der Waals surface area contributed by atoms with Crippen LogP contribution in [0.3, 0.4) is 0 Å². The van der Waals surface area contributed by atoms with Crippen molar-refractivity contribution in [3.8, 4) is 5.75 Å². The molecule has 1 amide bonds. The number of hydrogen-bond acceptors (Lipinski definition) is 3. The number of rotatable bonds is 7. The number of phenols is 1. The molecule has 0 heterocycles. The molecule has 0 fully saturated rings. The predicted molar refractivity (Wildman–Crippen MR) is 77.2 cm³/mol. The first-order valence-corrected chi connectivity index (χ1v) is 6.85. The standard InChI is InChI=1S/C15H24N2O2/c1-4-17(5-2)11-12(3)16-15(19)10-13-8-6-7-9-14(13)18/h6-9,12,18H,4-5,10-11H2,1-3H3,(H,16,19). The largest absolute Gasteiger partial charge is 0.508 e. The Morgan fingerprint density at radius 3 is 2.53 bits per heavy atom. The van der Waals surface area contributed by atoms with E-state index in [1.54, 1.807) is 18.2 Å². The van der Waals surface area contributed by atoms with Gasteiger partial charge in [0.25, 0.3) is 0 Å². The number of benzene rings is 1. The lowest BCUT2D eigenvalue weighted by Crippen LogP contribution is -2.42. The van der Waals surface area contributed by atoms with Crippen molar-refractivity contribution in [1.29, 1.82) is 0 Å². The molecule has 1 atom stereocenters. The first kappa shape index (κ1) is 15.5. The van der Waals surface area contributed by atoms with Crippen molar-refractivity contribution >= 4 is 5.91 Å². The van der Waals surface area contributed by atoms with Gasteiger partial charge in [0.15, 0.2) is 0 Å². The maximum absolute atomic E-state index is 11.9. The van der Waals surface area contributed by atoms with Crippen LogP contribution in [0.1, 0.15) is 26.3 Å². The van der Waals surface area contributed by atoms with Crippen LogP contribution in [0.2, 0.25) is 0 Å². The third kappa shape index (κ3) is 5.30. The Labute approximate surface area is 115 Å².